The molecule has 0 radical (unpaired) electrons. The average molecular weight is 310 g/mol. The van der Waals surface area contributed by atoms with Crippen molar-refractivity contribution in [1.82, 2.24) is 4.72 Å². The minimum absolute atomic E-state index is 0.305. The third kappa shape index (κ3) is 3.89. The van der Waals surface area contributed by atoms with Crippen LogP contribution in [0.2, 0.25) is 5.02 Å². The van der Waals surface area contributed by atoms with Gasteiger partial charge in [-0.2, -0.15) is 4.72 Å². The number of benzene rings is 1. The number of halogens is 2. The van der Waals surface area contributed by atoms with E-state index in [1.54, 1.807) is 13.8 Å². The number of nitrogens with one attached hydrogen (secondary N) is 1. The Bertz CT molecular complexity index is 588. The zero-order chi connectivity index (χ0) is 14.8. The fourth-order valence-corrected chi connectivity index (χ4v) is 3.26. The number of sulfonamides is 1. The van der Waals surface area contributed by atoms with Crippen molar-refractivity contribution in [3.05, 3.63) is 29.0 Å². The maximum atomic E-state index is 12.9. The number of aliphatic carboxylic acids is 1. The second-order valence-electron chi connectivity index (χ2n) is 4.26. The van der Waals surface area contributed by atoms with Crippen LogP contribution in [0.1, 0.15) is 13.8 Å². The molecule has 1 rings (SSSR count). The number of carboxylic acid groups (broad SMARTS) is 1. The van der Waals surface area contributed by atoms with Crippen LogP contribution < -0.4 is 4.72 Å². The molecule has 0 saturated carbocycles. The Morgan fingerprint density at radius 2 is 2.00 bits per heavy atom. The monoisotopic (exact) mass is 309 g/mol. The molecule has 2 N–H and O–H groups in total. The standard InChI is InChI=1S/C11H13ClFNO4S/c1-6(2)10(11(15)16)14-19(17,18)9-4-3-7(13)5-8(9)12/h3-6,10,14H,1-2H3,(H,15,16). The van der Waals surface area contributed by atoms with E-state index in [1.807, 2.05) is 4.72 Å². The van der Waals surface area contributed by atoms with E-state index in [0.29, 0.717) is 0 Å². The minimum Gasteiger partial charge on any atom is -0.480 e. The molecule has 5 nitrogen and oxygen atoms in total. The van der Waals surface area contributed by atoms with Gasteiger partial charge in [0.1, 0.15) is 16.8 Å². The maximum absolute atomic E-state index is 12.9. The van der Waals surface area contributed by atoms with E-state index in [-0.39, 0.29) is 9.92 Å². The van der Waals surface area contributed by atoms with Crippen molar-refractivity contribution in [2.24, 2.45) is 5.92 Å². The highest BCUT2D eigenvalue weighted by molar-refractivity contribution is 7.89. The van der Waals surface area contributed by atoms with Gasteiger partial charge in [0, 0.05) is 0 Å². The summed E-state index contributed by atoms with van der Waals surface area (Å²) in [7, 11) is -4.13. The molecule has 19 heavy (non-hydrogen) atoms. The van der Waals surface area contributed by atoms with Gasteiger partial charge in [-0.3, -0.25) is 4.79 Å². The molecule has 1 atom stereocenters. The Labute approximate surface area is 115 Å². The van der Waals surface area contributed by atoms with Crippen LogP contribution in [0.25, 0.3) is 0 Å². The van der Waals surface area contributed by atoms with E-state index in [9.17, 15) is 17.6 Å². The van der Waals surface area contributed by atoms with Gasteiger partial charge < -0.3 is 5.11 Å². The highest BCUT2D eigenvalue weighted by Gasteiger charge is 2.29. The summed E-state index contributed by atoms with van der Waals surface area (Å²) in [5, 5.41) is 8.64. The number of hydrogen-bond donors (Lipinski definition) is 2. The Morgan fingerprint density at radius 3 is 2.42 bits per heavy atom. The highest BCUT2D eigenvalue weighted by Crippen LogP contribution is 2.22. The van der Waals surface area contributed by atoms with E-state index in [4.69, 9.17) is 16.7 Å². The first-order valence-electron chi connectivity index (χ1n) is 5.35. The van der Waals surface area contributed by atoms with Crippen molar-refractivity contribution in [1.29, 1.82) is 0 Å². The Balaban J connectivity index is 3.14. The molecule has 0 aliphatic carbocycles. The van der Waals surface area contributed by atoms with Gasteiger partial charge in [-0.25, -0.2) is 12.8 Å². The molecule has 0 aromatic heterocycles. The van der Waals surface area contributed by atoms with Gasteiger partial charge in [0.05, 0.1) is 5.02 Å². The quantitative estimate of drug-likeness (QED) is 0.869. The summed E-state index contributed by atoms with van der Waals surface area (Å²) >= 11 is 5.65. The van der Waals surface area contributed by atoms with Crippen LogP contribution in [0, 0.1) is 11.7 Å². The molecule has 0 heterocycles. The summed E-state index contributed by atoms with van der Waals surface area (Å²) in [6, 6.07) is 1.48. The van der Waals surface area contributed by atoms with Crippen LogP contribution >= 0.6 is 11.6 Å². The summed E-state index contributed by atoms with van der Waals surface area (Å²) in [5.41, 5.74) is 0. The van der Waals surface area contributed by atoms with Crippen LogP contribution in [-0.4, -0.2) is 25.5 Å². The van der Waals surface area contributed by atoms with Gasteiger partial charge in [0.2, 0.25) is 10.0 Å². The zero-order valence-corrected chi connectivity index (χ0v) is 11.8. The highest BCUT2D eigenvalue weighted by atomic mass is 35.5. The molecule has 1 aromatic rings. The smallest absolute Gasteiger partial charge is 0.322 e. The van der Waals surface area contributed by atoms with Crippen LogP contribution in [0.3, 0.4) is 0 Å². The largest absolute Gasteiger partial charge is 0.480 e. The lowest BCUT2D eigenvalue weighted by molar-refractivity contribution is -0.140. The average Bonchev–Trinajstić information content (AvgIpc) is 2.24. The van der Waals surface area contributed by atoms with E-state index >= 15 is 0 Å². The molecule has 0 spiro atoms. The zero-order valence-electron chi connectivity index (χ0n) is 10.2. The van der Waals surface area contributed by atoms with Gasteiger partial charge in [-0.15, -0.1) is 0 Å². The first-order chi connectivity index (χ1) is 8.65. The lowest BCUT2D eigenvalue weighted by atomic mass is 10.1. The summed E-state index contributed by atoms with van der Waals surface area (Å²) in [6.07, 6.45) is 0. The Kier molecular flexibility index (Phi) is 4.89. The van der Waals surface area contributed by atoms with E-state index < -0.39 is 33.8 Å². The molecule has 0 saturated heterocycles. The predicted molar refractivity (Wildman–Crippen MR) is 68.0 cm³/mol. The first-order valence-corrected chi connectivity index (χ1v) is 7.21. The molecule has 0 aliphatic rings. The predicted octanol–water partition coefficient (Wildman–Crippen LogP) is 1.87. The first kappa shape index (κ1) is 15.9. The van der Waals surface area contributed by atoms with Crippen molar-refractivity contribution in [3.63, 3.8) is 0 Å². The molecule has 106 valence electrons. The Morgan fingerprint density at radius 1 is 1.42 bits per heavy atom. The molecule has 1 aromatic carbocycles. The molecule has 8 heteroatoms. The summed E-state index contributed by atoms with van der Waals surface area (Å²) < 4.78 is 38.9. The number of hydrogen-bond acceptors (Lipinski definition) is 3. The topological polar surface area (TPSA) is 83.5 Å². The SMILES string of the molecule is CC(C)C(NS(=O)(=O)c1ccc(F)cc1Cl)C(=O)O. The van der Waals surface area contributed by atoms with Crippen molar-refractivity contribution < 1.29 is 22.7 Å². The number of carbonyl (C=O) groups is 1. The molecular formula is C11H13ClFNO4S. The molecule has 0 amide bonds. The van der Waals surface area contributed by atoms with Crippen molar-refractivity contribution in [3.8, 4) is 0 Å². The third-order valence-corrected chi connectivity index (χ3v) is 4.32. The van der Waals surface area contributed by atoms with Crippen molar-refractivity contribution in [2.45, 2.75) is 24.8 Å². The van der Waals surface area contributed by atoms with Crippen molar-refractivity contribution in [2.75, 3.05) is 0 Å². The van der Waals surface area contributed by atoms with Gasteiger partial charge in [-0.05, 0) is 24.1 Å². The summed E-state index contributed by atoms with van der Waals surface area (Å²) in [6.45, 7) is 3.13. The summed E-state index contributed by atoms with van der Waals surface area (Å²) in [4.78, 5) is 10.6. The molecule has 0 fully saturated rings. The lowest BCUT2D eigenvalue weighted by Crippen LogP contribution is -2.44. The number of rotatable bonds is 5. The molecule has 0 bridgehead atoms. The molecule has 0 aliphatic heterocycles. The fourth-order valence-electron chi connectivity index (χ4n) is 1.40. The van der Waals surface area contributed by atoms with E-state index in [1.165, 1.54) is 0 Å². The minimum atomic E-state index is -4.13. The van der Waals surface area contributed by atoms with Gasteiger partial charge in [0.15, 0.2) is 0 Å². The van der Waals surface area contributed by atoms with Crippen molar-refractivity contribution >= 4 is 27.6 Å². The number of carboxylic acids is 1. The van der Waals surface area contributed by atoms with Gasteiger partial charge in [-0.1, -0.05) is 25.4 Å². The molecular weight excluding hydrogens is 297 g/mol. The van der Waals surface area contributed by atoms with Crippen LogP contribution in [-0.2, 0) is 14.8 Å². The maximum Gasteiger partial charge on any atom is 0.322 e. The molecule has 1 unspecified atom stereocenters. The second-order valence-corrected chi connectivity index (χ2v) is 6.35. The van der Waals surface area contributed by atoms with Crippen LogP contribution in [0.5, 0.6) is 0 Å². The van der Waals surface area contributed by atoms with Crippen LogP contribution in [0.4, 0.5) is 4.39 Å². The second kappa shape index (κ2) is 5.85. The third-order valence-electron chi connectivity index (χ3n) is 2.40. The van der Waals surface area contributed by atoms with Gasteiger partial charge in [0.25, 0.3) is 0 Å². The van der Waals surface area contributed by atoms with E-state index in [2.05, 4.69) is 0 Å². The fraction of sp³-hybridized carbons (Fsp3) is 0.364. The summed E-state index contributed by atoms with van der Waals surface area (Å²) in [5.74, 6) is -2.43. The Hall–Kier alpha value is -1.18. The van der Waals surface area contributed by atoms with Crippen LogP contribution in [0.15, 0.2) is 23.1 Å². The lowest BCUT2D eigenvalue weighted by Gasteiger charge is -2.18. The normalized spacial score (nSPS) is 13.5. The van der Waals surface area contributed by atoms with E-state index in [0.717, 1.165) is 18.2 Å². The van der Waals surface area contributed by atoms with Gasteiger partial charge >= 0.3 is 5.97 Å².